The van der Waals surface area contributed by atoms with Crippen LogP contribution in [0.2, 0.25) is 0 Å². The molecule has 1 N–H and O–H groups in total. The Morgan fingerprint density at radius 1 is 1.29 bits per heavy atom. The lowest BCUT2D eigenvalue weighted by Crippen LogP contribution is -2.39. The molecule has 2 aliphatic heterocycles. The van der Waals surface area contributed by atoms with Crippen LogP contribution < -0.4 is 10.1 Å². The van der Waals surface area contributed by atoms with E-state index < -0.39 is 5.82 Å². The molecule has 152 valence electrons. The number of amides is 1. The number of benzene rings is 1. The predicted octanol–water partition coefficient (Wildman–Crippen LogP) is 2.36. The van der Waals surface area contributed by atoms with Crippen LogP contribution in [-0.4, -0.2) is 51.8 Å². The number of fused-ring (bicyclic) bond motifs is 1. The number of para-hydroxylation sites is 1. The van der Waals surface area contributed by atoms with E-state index in [4.69, 9.17) is 4.74 Å². The van der Waals surface area contributed by atoms with Crippen LogP contribution in [-0.2, 0) is 13.1 Å². The van der Waals surface area contributed by atoms with Crippen LogP contribution in [0.5, 0.6) is 5.75 Å². The van der Waals surface area contributed by atoms with Crippen molar-refractivity contribution in [3.05, 3.63) is 41.2 Å². The van der Waals surface area contributed by atoms with E-state index in [0.29, 0.717) is 31.2 Å². The first kappa shape index (κ1) is 20.5. The second-order valence-electron chi connectivity index (χ2n) is 6.92. The number of nitrogens with zero attached hydrogens (tertiary/aromatic N) is 4. The van der Waals surface area contributed by atoms with Gasteiger partial charge in [-0.05, 0) is 31.9 Å². The second-order valence-corrected chi connectivity index (χ2v) is 6.92. The maximum atomic E-state index is 14.1. The minimum atomic E-state index is -0.499. The Balaban J connectivity index is 0.00000225. The van der Waals surface area contributed by atoms with Crippen molar-refractivity contribution in [3.8, 4) is 5.75 Å². The van der Waals surface area contributed by atoms with Crippen molar-refractivity contribution in [3.63, 3.8) is 0 Å². The van der Waals surface area contributed by atoms with Crippen molar-refractivity contribution < 1.29 is 13.9 Å². The summed E-state index contributed by atoms with van der Waals surface area (Å²) in [6, 6.07) is 4.50. The number of halogens is 2. The number of hydrogen-bond donors (Lipinski definition) is 1. The average Bonchev–Trinajstić information content (AvgIpc) is 3.13. The van der Waals surface area contributed by atoms with E-state index in [2.05, 4.69) is 20.1 Å². The third-order valence-corrected chi connectivity index (χ3v) is 5.28. The topological polar surface area (TPSA) is 72.3 Å². The van der Waals surface area contributed by atoms with Crippen LogP contribution in [0.25, 0.3) is 0 Å². The van der Waals surface area contributed by atoms with Crippen LogP contribution in [0, 0.1) is 5.82 Å². The Hall–Kier alpha value is -2.19. The van der Waals surface area contributed by atoms with Crippen LogP contribution in [0.1, 0.15) is 47.7 Å². The molecular formula is C19H25ClFN5O2. The van der Waals surface area contributed by atoms with Crippen molar-refractivity contribution in [2.24, 2.45) is 0 Å². The standard InChI is InChI=1S/C19H24FN5O2.ClH/c1-2-27-17-14(4-3-5-15(17)20)19(26)24-9-6-13(7-10-24)18-23-22-16-12-21-8-11-25(16)18;/h3-5,13,21H,2,6-12H2,1H3;1H. The van der Waals surface area contributed by atoms with Gasteiger partial charge in [0.2, 0.25) is 0 Å². The number of likely N-dealkylation sites (tertiary alicyclic amines) is 1. The monoisotopic (exact) mass is 409 g/mol. The maximum Gasteiger partial charge on any atom is 0.257 e. The molecule has 28 heavy (non-hydrogen) atoms. The molecule has 0 aliphatic carbocycles. The van der Waals surface area contributed by atoms with E-state index in [1.165, 1.54) is 6.07 Å². The summed E-state index contributed by atoms with van der Waals surface area (Å²) in [5, 5.41) is 12.0. The normalized spacial score (nSPS) is 17.0. The highest BCUT2D eigenvalue weighted by Crippen LogP contribution is 2.30. The molecule has 0 bridgehead atoms. The average molecular weight is 410 g/mol. The summed E-state index contributed by atoms with van der Waals surface area (Å²) in [6.07, 6.45) is 1.66. The van der Waals surface area contributed by atoms with Gasteiger partial charge in [-0.25, -0.2) is 4.39 Å². The zero-order valence-corrected chi connectivity index (χ0v) is 16.7. The molecule has 0 spiro atoms. The van der Waals surface area contributed by atoms with Gasteiger partial charge < -0.3 is 19.5 Å². The van der Waals surface area contributed by atoms with Crippen LogP contribution in [0.4, 0.5) is 4.39 Å². The van der Waals surface area contributed by atoms with Crippen molar-refractivity contribution in [1.82, 2.24) is 25.0 Å². The Kier molecular flexibility index (Phi) is 6.51. The number of carbonyl (C=O) groups is 1. The molecule has 1 fully saturated rings. The van der Waals surface area contributed by atoms with Crippen LogP contribution >= 0.6 is 12.4 Å². The lowest BCUT2D eigenvalue weighted by molar-refractivity contribution is 0.0705. The molecule has 1 amide bonds. The first-order valence-electron chi connectivity index (χ1n) is 9.52. The van der Waals surface area contributed by atoms with Gasteiger partial charge in [-0.2, -0.15) is 0 Å². The van der Waals surface area contributed by atoms with E-state index in [1.54, 1.807) is 24.0 Å². The number of aromatic nitrogens is 3. The second kappa shape index (κ2) is 8.87. The summed E-state index contributed by atoms with van der Waals surface area (Å²) < 4.78 is 21.6. The SMILES string of the molecule is CCOc1c(F)cccc1C(=O)N1CCC(c2nnc3n2CCNC3)CC1.Cl. The molecule has 9 heteroatoms. The Morgan fingerprint density at radius 2 is 2.07 bits per heavy atom. The summed E-state index contributed by atoms with van der Waals surface area (Å²) in [5.41, 5.74) is 0.293. The first-order chi connectivity index (χ1) is 13.2. The first-order valence-corrected chi connectivity index (χ1v) is 9.52. The van der Waals surface area contributed by atoms with Gasteiger partial charge >= 0.3 is 0 Å². The maximum absolute atomic E-state index is 14.1. The van der Waals surface area contributed by atoms with E-state index in [1.807, 2.05) is 0 Å². The highest BCUT2D eigenvalue weighted by atomic mass is 35.5. The number of piperidine rings is 1. The molecule has 0 atom stereocenters. The minimum Gasteiger partial charge on any atom is -0.490 e. The van der Waals surface area contributed by atoms with E-state index >= 15 is 0 Å². The van der Waals surface area contributed by atoms with E-state index in [9.17, 15) is 9.18 Å². The fourth-order valence-corrected chi connectivity index (χ4v) is 3.90. The van der Waals surface area contributed by atoms with Gasteiger partial charge in [-0.15, -0.1) is 22.6 Å². The van der Waals surface area contributed by atoms with Crippen LogP contribution in [0.15, 0.2) is 18.2 Å². The lowest BCUT2D eigenvalue weighted by Gasteiger charge is -2.32. The highest BCUT2D eigenvalue weighted by Gasteiger charge is 2.30. The lowest BCUT2D eigenvalue weighted by atomic mass is 9.95. The van der Waals surface area contributed by atoms with Crippen molar-refractivity contribution in [2.45, 2.75) is 38.8 Å². The number of carbonyl (C=O) groups excluding carboxylic acids is 1. The summed E-state index contributed by atoms with van der Waals surface area (Å²) >= 11 is 0. The Labute approximate surface area is 169 Å². The summed E-state index contributed by atoms with van der Waals surface area (Å²) in [5.74, 6) is 1.68. The predicted molar refractivity (Wildman–Crippen MR) is 104 cm³/mol. The number of ether oxygens (including phenoxy) is 1. The molecule has 1 saturated heterocycles. The van der Waals surface area contributed by atoms with Gasteiger partial charge in [0, 0.05) is 32.1 Å². The molecule has 7 nitrogen and oxygen atoms in total. The summed E-state index contributed by atoms with van der Waals surface area (Å²) in [6.45, 7) is 5.90. The molecule has 0 radical (unpaired) electrons. The van der Waals surface area contributed by atoms with E-state index in [-0.39, 0.29) is 24.1 Å². The van der Waals surface area contributed by atoms with Gasteiger partial charge in [0.15, 0.2) is 11.6 Å². The molecule has 2 aliphatic rings. The summed E-state index contributed by atoms with van der Waals surface area (Å²) in [4.78, 5) is 14.7. The molecule has 1 aromatic heterocycles. The van der Waals surface area contributed by atoms with Gasteiger partial charge in [0.1, 0.15) is 11.6 Å². The smallest absolute Gasteiger partial charge is 0.257 e. The number of hydrogen-bond acceptors (Lipinski definition) is 5. The zero-order chi connectivity index (χ0) is 18.8. The highest BCUT2D eigenvalue weighted by molar-refractivity contribution is 5.97. The van der Waals surface area contributed by atoms with Gasteiger partial charge in [-0.1, -0.05) is 6.07 Å². The van der Waals surface area contributed by atoms with Crippen LogP contribution in [0.3, 0.4) is 0 Å². The van der Waals surface area contributed by atoms with E-state index in [0.717, 1.165) is 44.1 Å². The van der Waals surface area contributed by atoms with Gasteiger partial charge in [-0.3, -0.25) is 4.79 Å². The minimum absolute atomic E-state index is 0. The summed E-state index contributed by atoms with van der Waals surface area (Å²) in [7, 11) is 0. The third kappa shape index (κ3) is 3.84. The fraction of sp³-hybridized carbons (Fsp3) is 0.526. The molecule has 1 aromatic carbocycles. The third-order valence-electron chi connectivity index (χ3n) is 5.28. The molecular weight excluding hydrogens is 385 g/mol. The molecule has 3 heterocycles. The molecule has 0 saturated carbocycles. The molecule has 2 aromatic rings. The zero-order valence-electron chi connectivity index (χ0n) is 15.9. The van der Waals surface area contributed by atoms with Gasteiger partial charge in [0.25, 0.3) is 5.91 Å². The number of nitrogens with one attached hydrogen (secondary N) is 1. The fourth-order valence-electron chi connectivity index (χ4n) is 3.90. The van der Waals surface area contributed by atoms with Crippen molar-refractivity contribution >= 4 is 18.3 Å². The van der Waals surface area contributed by atoms with Gasteiger partial charge in [0.05, 0.1) is 18.7 Å². The van der Waals surface area contributed by atoms with Crippen molar-refractivity contribution in [2.75, 3.05) is 26.2 Å². The molecule has 0 unspecified atom stereocenters. The van der Waals surface area contributed by atoms with Crippen molar-refractivity contribution in [1.29, 1.82) is 0 Å². The Bertz CT molecular complexity index is 836. The number of rotatable bonds is 4. The quantitative estimate of drug-likeness (QED) is 0.839. The molecule has 4 rings (SSSR count). The largest absolute Gasteiger partial charge is 0.490 e. The Morgan fingerprint density at radius 3 is 2.82 bits per heavy atom.